The van der Waals surface area contributed by atoms with Crippen LogP contribution in [0.15, 0.2) is 42.0 Å². The van der Waals surface area contributed by atoms with Gasteiger partial charge in [-0.1, -0.05) is 69.2 Å². The molecule has 1 aromatic carbocycles. The Bertz CT molecular complexity index is 730. The molecule has 0 aliphatic heterocycles. The molecule has 3 fully saturated rings. The van der Waals surface area contributed by atoms with Gasteiger partial charge in [-0.25, -0.2) is 0 Å². The SMILES string of the molecule is CC(Cc1ccccc1)C1CCC2C3CC=C4CCCCC4(C)C3CCC12C. The fourth-order valence-corrected chi connectivity index (χ4v) is 8.80. The van der Waals surface area contributed by atoms with Gasteiger partial charge in [-0.15, -0.1) is 0 Å². The summed E-state index contributed by atoms with van der Waals surface area (Å²) in [6.45, 7) is 7.91. The summed E-state index contributed by atoms with van der Waals surface area (Å²) in [7, 11) is 0. The smallest absolute Gasteiger partial charge is 0.00853 e. The number of benzene rings is 1. The molecule has 0 amide bonds. The highest BCUT2D eigenvalue weighted by Crippen LogP contribution is 2.67. The molecule has 152 valence electrons. The second kappa shape index (κ2) is 7.03. The van der Waals surface area contributed by atoms with Crippen molar-refractivity contribution in [3.05, 3.63) is 47.5 Å². The van der Waals surface area contributed by atoms with Crippen molar-refractivity contribution in [1.82, 2.24) is 0 Å². The third kappa shape index (κ3) is 2.85. The largest absolute Gasteiger partial charge is 0.0845 e. The van der Waals surface area contributed by atoms with E-state index >= 15 is 0 Å². The van der Waals surface area contributed by atoms with Gasteiger partial charge in [-0.05, 0) is 104 Å². The lowest BCUT2D eigenvalue weighted by Gasteiger charge is -2.58. The van der Waals surface area contributed by atoms with Gasteiger partial charge in [0, 0.05) is 0 Å². The second-order valence-corrected chi connectivity index (χ2v) is 11.4. The molecule has 1 aromatic rings. The number of hydrogen-bond donors (Lipinski definition) is 0. The normalized spacial score (nSPS) is 43.5. The molecule has 0 heteroatoms. The monoisotopic (exact) mass is 376 g/mol. The Morgan fingerprint density at radius 3 is 2.61 bits per heavy atom. The van der Waals surface area contributed by atoms with Gasteiger partial charge in [-0.3, -0.25) is 0 Å². The van der Waals surface area contributed by atoms with E-state index in [1.165, 1.54) is 69.8 Å². The fourth-order valence-electron chi connectivity index (χ4n) is 8.80. The molecule has 0 saturated heterocycles. The summed E-state index contributed by atoms with van der Waals surface area (Å²) in [6, 6.07) is 11.2. The summed E-state index contributed by atoms with van der Waals surface area (Å²) in [6.07, 6.45) is 17.1. The lowest BCUT2D eigenvalue weighted by Crippen LogP contribution is -2.50. The van der Waals surface area contributed by atoms with Crippen LogP contribution in [0.4, 0.5) is 0 Å². The molecular weight excluding hydrogens is 336 g/mol. The van der Waals surface area contributed by atoms with Crippen LogP contribution < -0.4 is 0 Å². The van der Waals surface area contributed by atoms with E-state index in [1.807, 2.05) is 5.57 Å². The van der Waals surface area contributed by atoms with Gasteiger partial charge in [0.1, 0.15) is 0 Å². The minimum atomic E-state index is 0.552. The first kappa shape index (κ1) is 19.0. The summed E-state index contributed by atoms with van der Waals surface area (Å²) in [5.74, 6) is 4.66. The Hall–Kier alpha value is -1.04. The molecule has 4 aliphatic rings. The number of rotatable bonds is 3. The first-order valence-corrected chi connectivity index (χ1v) is 12.3. The Morgan fingerprint density at radius 1 is 0.964 bits per heavy atom. The minimum absolute atomic E-state index is 0.552. The van der Waals surface area contributed by atoms with Gasteiger partial charge >= 0.3 is 0 Å². The maximum Gasteiger partial charge on any atom is -0.00853 e. The average molecular weight is 377 g/mol. The van der Waals surface area contributed by atoms with Crippen molar-refractivity contribution in [2.24, 2.45) is 40.4 Å². The van der Waals surface area contributed by atoms with Gasteiger partial charge in [0.15, 0.2) is 0 Å². The molecule has 0 radical (unpaired) electrons. The van der Waals surface area contributed by atoms with E-state index in [4.69, 9.17) is 0 Å². The molecule has 0 bridgehead atoms. The first-order chi connectivity index (χ1) is 13.5. The number of allylic oxidation sites excluding steroid dienone is 2. The Morgan fingerprint density at radius 2 is 1.79 bits per heavy atom. The highest BCUT2D eigenvalue weighted by atomic mass is 14.6. The van der Waals surface area contributed by atoms with E-state index in [1.54, 1.807) is 0 Å². The standard InChI is InChI=1S/C28H40/c1-20(19-21-9-5-4-6-10-21)24-14-15-25-23-13-12-22-11-7-8-17-27(22,2)26(23)16-18-28(24,25)3/h4-6,9-10,12,20,23-26H,7-8,11,13-19H2,1-3H3. The van der Waals surface area contributed by atoms with Crippen molar-refractivity contribution in [3.8, 4) is 0 Å². The number of fused-ring (bicyclic) bond motifs is 5. The molecule has 7 unspecified atom stereocenters. The molecule has 0 N–H and O–H groups in total. The topological polar surface area (TPSA) is 0 Å². The molecule has 0 aromatic heterocycles. The quantitative estimate of drug-likeness (QED) is 0.471. The molecule has 3 saturated carbocycles. The van der Waals surface area contributed by atoms with Gasteiger partial charge in [-0.2, -0.15) is 0 Å². The molecule has 28 heavy (non-hydrogen) atoms. The Balaban J connectivity index is 1.37. The maximum absolute atomic E-state index is 2.73. The van der Waals surface area contributed by atoms with Crippen molar-refractivity contribution in [2.75, 3.05) is 0 Å². The molecule has 7 atom stereocenters. The van der Waals surface area contributed by atoms with E-state index in [0.717, 1.165) is 29.6 Å². The Kier molecular flexibility index (Phi) is 4.76. The van der Waals surface area contributed by atoms with Crippen molar-refractivity contribution in [2.45, 2.75) is 85.0 Å². The zero-order valence-electron chi connectivity index (χ0n) is 18.4. The van der Waals surface area contributed by atoms with Gasteiger partial charge in [0.2, 0.25) is 0 Å². The highest BCUT2D eigenvalue weighted by Gasteiger charge is 2.58. The van der Waals surface area contributed by atoms with Crippen molar-refractivity contribution in [3.63, 3.8) is 0 Å². The molecule has 4 aliphatic carbocycles. The van der Waals surface area contributed by atoms with Crippen LogP contribution >= 0.6 is 0 Å². The molecule has 0 nitrogen and oxygen atoms in total. The van der Waals surface area contributed by atoms with E-state index in [9.17, 15) is 0 Å². The van der Waals surface area contributed by atoms with Crippen molar-refractivity contribution < 1.29 is 0 Å². The zero-order chi connectivity index (χ0) is 19.4. The van der Waals surface area contributed by atoms with Crippen LogP contribution in [0.3, 0.4) is 0 Å². The molecular formula is C28H40. The summed E-state index contributed by atoms with van der Waals surface area (Å²) >= 11 is 0. The number of hydrogen-bond acceptors (Lipinski definition) is 0. The summed E-state index contributed by atoms with van der Waals surface area (Å²) in [4.78, 5) is 0. The Labute approximate surface area is 173 Å². The van der Waals surface area contributed by atoms with Crippen LogP contribution in [0.25, 0.3) is 0 Å². The van der Waals surface area contributed by atoms with Gasteiger partial charge in [0.25, 0.3) is 0 Å². The van der Waals surface area contributed by atoms with E-state index in [2.05, 4.69) is 57.2 Å². The van der Waals surface area contributed by atoms with Crippen LogP contribution in [0.1, 0.15) is 84.1 Å². The van der Waals surface area contributed by atoms with Crippen LogP contribution in [0, 0.1) is 40.4 Å². The third-order valence-corrected chi connectivity index (χ3v) is 10.2. The van der Waals surface area contributed by atoms with Crippen LogP contribution in [0.2, 0.25) is 0 Å². The second-order valence-electron chi connectivity index (χ2n) is 11.4. The first-order valence-electron chi connectivity index (χ1n) is 12.3. The zero-order valence-corrected chi connectivity index (χ0v) is 18.4. The van der Waals surface area contributed by atoms with Crippen molar-refractivity contribution >= 4 is 0 Å². The third-order valence-electron chi connectivity index (χ3n) is 10.2. The minimum Gasteiger partial charge on any atom is -0.0845 e. The van der Waals surface area contributed by atoms with E-state index in [-0.39, 0.29) is 0 Å². The highest BCUT2D eigenvalue weighted by molar-refractivity contribution is 5.24. The molecule has 0 spiro atoms. The maximum atomic E-state index is 2.73. The predicted octanol–water partition coefficient (Wildman–Crippen LogP) is 7.83. The van der Waals surface area contributed by atoms with E-state index in [0.29, 0.717) is 10.8 Å². The molecule has 5 rings (SSSR count). The van der Waals surface area contributed by atoms with E-state index < -0.39 is 0 Å². The van der Waals surface area contributed by atoms with Crippen LogP contribution in [-0.4, -0.2) is 0 Å². The summed E-state index contributed by atoms with van der Waals surface area (Å²) in [5, 5.41) is 0. The van der Waals surface area contributed by atoms with Crippen LogP contribution in [0.5, 0.6) is 0 Å². The fraction of sp³-hybridized carbons (Fsp3) is 0.714. The van der Waals surface area contributed by atoms with Crippen molar-refractivity contribution in [1.29, 1.82) is 0 Å². The average Bonchev–Trinajstić information content (AvgIpc) is 3.05. The summed E-state index contributed by atoms with van der Waals surface area (Å²) < 4.78 is 0. The summed E-state index contributed by atoms with van der Waals surface area (Å²) in [5.41, 5.74) is 4.54. The van der Waals surface area contributed by atoms with Crippen LogP contribution in [-0.2, 0) is 6.42 Å². The lowest BCUT2D eigenvalue weighted by molar-refractivity contribution is -0.0492. The predicted molar refractivity (Wildman–Crippen MR) is 119 cm³/mol. The van der Waals surface area contributed by atoms with Gasteiger partial charge < -0.3 is 0 Å². The molecule has 0 heterocycles. The lowest BCUT2D eigenvalue weighted by atomic mass is 9.47. The van der Waals surface area contributed by atoms with Gasteiger partial charge in [0.05, 0.1) is 0 Å².